The number of ketones is 1. The van der Waals surface area contributed by atoms with E-state index in [0.29, 0.717) is 11.3 Å². The van der Waals surface area contributed by atoms with Crippen LogP contribution in [0.2, 0.25) is 0 Å². The molecule has 0 unspecified atom stereocenters. The molecule has 0 N–H and O–H groups in total. The summed E-state index contributed by atoms with van der Waals surface area (Å²) in [5.74, 6) is 0.372. The van der Waals surface area contributed by atoms with Gasteiger partial charge in [0.25, 0.3) is 5.56 Å². The maximum atomic E-state index is 12.6. The Balaban J connectivity index is 2.01. The summed E-state index contributed by atoms with van der Waals surface area (Å²) in [6, 6.07) is 19.7. The van der Waals surface area contributed by atoms with Crippen LogP contribution in [0.5, 0.6) is 5.75 Å². The van der Waals surface area contributed by atoms with Gasteiger partial charge < -0.3 is 9.30 Å². The van der Waals surface area contributed by atoms with Crippen molar-refractivity contribution in [2.24, 2.45) is 7.05 Å². The van der Waals surface area contributed by atoms with Crippen LogP contribution in [0.1, 0.15) is 15.9 Å². The first-order valence-corrected chi connectivity index (χ1v) is 7.56. The fraction of sp³-hybridized carbons (Fsp3) is 0.100. The van der Waals surface area contributed by atoms with Crippen LogP contribution in [0.4, 0.5) is 0 Å². The van der Waals surface area contributed by atoms with Gasteiger partial charge in [-0.2, -0.15) is 0 Å². The van der Waals surface area contributed by atoms with E-state index in [4.69, 9.17) is 4.74 Å². The lowest BCUT2D eigenvalue weighted by Crippen LogP contribution is -2.25. The Hall–Kier alpha value is -3.14. The molecule has 4 heteroatoms. The zero-order valence-corrected chi connectivity index (χ0v) is 13.5. The van der Waals surface area contributed by atoms with Crippen molar-refractivity contribution in [1.82, 2.24) is 4.57 Å². The lowest BCUT2D eigenvalue weighted by molar-refractivity contribution is 0.103. The molecule has 0 aliphatic rings. The Bertz CT molecular complexity index is 925. The predicted molar refractivity (Wildman–Crippen MR) is 93.5 cm³/mol. The van der Waals surface area contributed by atoms with Gasteiger partial charge in [0.05, 0.1) is 18.4 Å². The zero-order valence-electron chi connectivity index (χ0n) is 13.5. The molecule has 1 aromatic heterocycles. The molecule has 0 aliphatic carbocycles. The van der Waals surface area contributed by atoms with E-state index < -0.39 is 0 Å². The summed E-state index contributed by atoms with van der Waals surface area (Å²) in [5, 5.41) is 0. The summed E-state index contributed by atoms with van der Waals surface area (Å²) in [5.41, 5.74) is 2.01. The van der Waals surface area contributed by atoms with E-state index in [1.54, 1.807) is 50.6 Å². The van der Waals surface area contributed by atoms with E-state index in [1.807, 2.05) is 30.3 Å². The number of ether oxygens (including phenoxy) is 1. The molecule has 0 atom stereocenters. The van der Waals surface area contributed by atoms with Gasteiger partial charge >= 0.3 is 0 Å². The molecule has 3 rings (SSSR count). The zero-order chi connectivity index (χ0) is 17.1. The van der Waals surface area contributed by atoms with E-state index in [2.05, 4.69) is 0 Å². The van der Waals surface area contributed by atoms with Gasteiger partial charge in [-0.25, -0.2) is 0 Å². The highest BCUT2D eigenvalue weighted by molar-refractivity contribution is 6.08. The summed E-state index contributed by atoms with van der Waals surface area (Å²) in [7, 11) is 3.24. The van der Waals surface area contributed by atoms with Gasteiger partial charge in [0.15, 0.2) is 5.78 Å². The molecule has 0 saturated heterocycles. The Morgan fingerprint density at radius 3 is 2.21 bits per heavy atom. The van der Waals surface area contributed by atoms with Crippen molar-refractivity contribution in [2.75, 3.05) is 7.11 Å². The first-order valence-electron chi connectivity index (χ1n) is 7.56. The van der Waals surface area contributed by atoms with E-state index in [9.17, 15) is 9.59 Å². The number of aromatic nitrogens is 1. The Morgan fingerprint density at radius 1 is 0.917 bits per heavy atom. The van der Waals surface area contributed by atoms with E-state index in [-0.39, 0.29) is 16.9 Å². The van der Waals surface area contributed by atoms with Gasteiger partial charge in [0, 0.05) is 12.6 Å². The minimum atomic E-state index is -0.308. The van der Waals surface area contributed by atoms with Crippen LogP contribution >= 0.6 is 0 Å². The number of benzene rings is 2. The van der Waals surface area contributed by atoms with E-state index in [0.717, 1.165) is 11.3 Å². The van der Waals surface area contributed by atoms with E-state index in [1.165, 1.54) is 4.57 Å². The van der Waals surface area contributed by atoms with Crippen molar-refractivity contribution in [3.8, 4) is 17.0 Å². The highest BCUT2D eigenvalue weighted by Gasteiger charge is 2.16. The van der Waals surface area contributed by atoms with Gasteiger partial charge in [0.1, 0.15) is 5.75 Å². The minimum absolute atomic E-state index is 0.155. The molecule has 0 bridgehead atoms. The summed E-state index contributed by atoms with van der Waals surface area (Å²) in [4.78, 5) is 25.2. The molecule has 4 nitrogen and oxygen atoms in total. The number of carbonyl (C=O) groups excluding carboxylic acids is 1. The van der Waals surface area contributed by atoms with Gasteiger partial charge in [-0.3, -0.25) is 9.59 Å². The summed E-state index contributed by atoms with van der Waals surface area (Å²) in [6.07, 6.45) is 0. The number of hydrogen-bond acceptors (Lipinski definition) is 3. The monoisotopic (exact) mass is 319 g/mol. The molecule has 0 spiro atoms. The van der Waals surface area contributed by atoms with Gasteiger partial charge in [-0.15, -0.1) is 0 Å². The van der Waals surface area contributed by atoms with Crippen LogP contribution < -0.4 is 10.3 Å². The molecule has 0 saturated carbocycles. The SMILES string of the molecule is COc1ccc(C(=O)c2ccc(-c3ccccc3)n(C)c2=O)cc1. The second-order valence-corrected chi connectivity index (χ2v) is 5.42. The third-order valence-corrected chi connectivity index (χ3v) is 3.97. The molecular formula is C20H17NO3. The van der Waals surface area contributed by atoms with Crippen LogP contribution in [-0.2, 0) is 7.05 Å². The van der Waals surface area contributed by atoms with Crippen molar-refractivity contribution < 1.29 is 9.53 Å². The van der Waals surface area contributed by atoms with E-state index >= 15 is 0 Å². The molecule has 0 amide bonds. The minimum Gasteiger partial charge on any atom is -0.497 e. The Morgan fingerprint density at radius 2 is 1.58 bits per heavy atom. The molecule has 2 aromatic carbocycles. The van der Waals surface area contributed by atoms with Crippen molar-refractivity contribution in [3.63, 3.8) is 0 Å². The fourth-order valence-corrected chi connectivity index (χ4v) is 2.60. The summed E-state index contributed by atoms with van der Waals surface area (Å²) in [6.45, 7) is 0. The fourth-order valence-electron chi connectivity index (χ4n) is 2.60. The number of hydrogen-bond donors (Lipinski definition) is 0. The smallest absolute Gasteiger partial charge is 0.262 e. The number of rotatable bonds is 4. The van der Waals surface area contributed by atoms with Crippen LogP contribution in [0.15, 0.2) is 71.5 Å². The van der Waals surface area contributed by atoms with Crippen molar-refractivity contribution >= 4 is 5.78 Å². The molecule has 3 aromatic rings. The molecule has 24 heavy (non-hydrogen) atoms. The normalized spacial score (nSPS) is 10.4. The summed E-state index contributed by atoms with van der Waals surface area (Å²) < 4.78 is 6.59. The second kappa shape index (κ2) is 6.54. The first-order chi connectivity index (χ1) is 11.6. The van der Waals surface area contributed by atoms with Crippen LogP contribution in [-0.4, -0.2) is 17.5 Å². The number of methoxy groups -OCH3 is 1. The molecule has 0 aliphatic heterocycles. The molecule has 1 heterocycles. The summed E-state index contributed by atoms with van der Waals surface area (Å²) >= 11 is 0. The predicted octanol–water partition coefficient (Wildman–Crippen LogP) is 3.29. The van der Waals surface area contributed by atoms with Crippen molar-refractivity contribution in [2.45, 2.75) is 0 Å². The standard InChI is InChI=1S/C20H17NO3/c1-21-18(14-6-4-3-5-7-14)13-12-17(20(21)23)19(22)15-8-10-16(24-2)11-9-15/h3-13H,1-2H3. The lowest BCUT2D eigenvalue weighted by Gasteiger charge is -2.10. The lowest BCUT2D eigenvalue weighted by atomic mass is 10.0. The Labute approximate surface area is 140 Å². The average Bonchev–Trinajstić information content (AvgIpc) is 2.64. The molecular weight excluding hydrogens is 302 g/mol. The molecule has 0 fully saturated rings. The van der Waals surface area contributed by atoms with Crippen molar-refractivity contribution in [3.05, 3.63) is 88.2 Å². The maximum absolute atomic E-state index is 12.6. The average molecular weight is 319 g/mol. The topological polar surface area (TPSA) is 48.3 Å². The van der Waals surface area contributed by atoms with Gasteiger partial charge in [0.2, 0.25) is 0 Å². The Kier molecular flexibility index (Phi) is 4.29. The van der Waals surface area contributed by atoms with Crippen LogP contribution in [0, 0.1) is 0 Å². The quantitative estimate of drug-likeness (QED) is 0.693. The number of nitrogens with zero attached hydrogens (tertiary/aromatic N) is 1. The first kappa shape index (κ1) is 15.7. The van der Waals surface area contributed by atoms with Crippen molar-refractivity contribution in [1.29, 1.82) is 0 Å². The largest absolute Gasteiger partial charge is 0.497 e. The highest BCUT2D eigenvalue weighted by Crippen LogP contribution is 2.18. The highest BCUT2D eigenvalue weighted by atomic mass is 16.5. The molecule has 0 radical (unpaired) electrons. The van der Waals surface area contributed by atoms with Gasteiger partial charge in [-0.1, -0.05) is 30.3 Å². The van der Waals surface area contributed by atoms with Gasteiger partial charge in [-0.05, 0) is 42.0 Å². The third kappa shape index (κ3) is 2.86. The number of pyridine rings is 1. The second-order valence-electron chi connectivity index (χ2n) is 5.42. The van der Waals surface area contributed by atoms with Crippen LogP contribution in [0.25, 0.3) is 11.3 Å². The number of carbonyl (C=O) groups is 1. The third-order valence-electron chi connectivity index (χ3n) is 3.97. The van der Waals surface area contributed by atoms with Crippen LogP contribution in [0.3, 0.4) is 0 Å². The maximum Gasteiger partial charge on any atom is 0.262 e. The molecule has 120 valence electrons.